The molecule has 2 amide bonds. The molecule has 4 nitrogen and oxygen atoms in total. The lowest BCUT2D eigenvalue weighted by atomic mass is 10.0. The van der Waals surface area contributed by atoms with Gasteiger partial charge in [-0.3, -0.25) is 9.59 Å². The van der Waals surface area contributed by atoms with E-state index in [2.05, 4.69) is 30.4 Å². The van der Waals surface area contributed by atoms with Crippen molar-refractivity contribution in [3.05, 3.63) is 35.4 Å². The summed E-state index contributed by atoms with van der Waals surface area (Å²) in [5.41, 5.74) is 2.41. The quantitative estimate of drug-likeness (QED) is 0.908. The minimum atomic E-state index is -0.380. The van der Waals surface area contributed by atoms with Crippen LogP contribution in [0.4, 0.5) is 0 Å². The highest BCUT2D eigenvalue weighted by Gasteiger charge is 2.36. The molecule has 0 aliphatic carbocycles. The van der Waals surface area contributed by atoms with Gasteiger partial charge in [0.2, 0.25) is 11.8 Å². The largest absolute Gasteiger partial charge is 0.343 e. The molecule has 4 heteroatoms. The molecule has 1 aliphatic rings. The fourth-order valence-corrected chi connectivity index (χ4v) is 2.58. The van der Waals surface area contributed by atoms with Crippen molar-refractivity contribution >= 4 is 11.8 Å². The van der Waals surface area contributed by atoms with E-state index < -0.39 is 0 Å². The number of piperazine rings is 1. The first-order chi connectivity index (χ1) is 9.52. The number of rotatable bonds is 4. The van der Waals surface area contributed by atoms with Crippen LogP contribution in [0.25, 0.3) is 0 Å². The number of amides is 2. The van der Waals surface area contributed by atoms with Crippen molar-refractivity contribution in [3.63, 3.8) is 0 Å². The van der Waals surface area contributed by atoms with Crippen LogP contribution in [0.5, 0.6) is 0 Å². The van der Waals surface area contributed by atoms with Crippen LogP contribution in [0.2, 0.25) is 0 Å². The van der Waals surface area contributed by atoms with Gasteiger partial charge in [-0.05, 0) is 32.3 Å². The van der Waals surface area contributed by atoms with Crippen LogP contribution in [0.3, 0.4) is 0 Å². The maximum atomic E-state index is 12.3. The number of nitrogens with zero attached hydrogens (tertiary/aromatic N) is 1. The molecule has 1 aromatic rings. The second-order valence-corrected chi connectivity index (χ2v) is 5.42. The van der Waals surface area contributed by atoms with Crippen molar-refractivity contribution in [2.45, 2.75) is 45.7 Å². The molecule has 0 aromatic heterocycles. The molecule has 2 atom stereocenters. The highest BCUT2D eigenvalue weighted by Crippen LogP contribution is 2.14. The minimum Gasteiger partial charge on any atom is -0.343 e. The second-order valence-electron chi connectivity index (χ2n) is 5.42. The molecule has 2 rings (SSSR count). The molecular weight excluding hydrogens is 252 g/mol. The van der Waals surface area contributed by atoms with Gasteiger partial charge in [-0.1, -0.05) is 36.8 Å². The Labute approximate surface area is 120 Å². The first-order valence-corrected chi connectivity index (χ1v) is 7.19. The molecule has 0 saturated carbocycles. The zero-order chi connectivity index (χ0) is 14.7. The Balaban J connectivity index is 2.06. The maximum absolute atomic E-state index is 12.3. The number of carbonyl (C=O) groups is 2. The van der Waals surface area contributed by atoms with Gasteiger partial charge in [-0.2, -0.15) is 0 Å². The Bertz CT molecular complexity index is 513. The van der Waals surface area contributed by atoms with E-state index in [0.29, 0.717) is 13.0 Å². The number of carbonyl (C=O) groups excluding carboxylic acids is 2. The summed E-state index contributed by atoms with van der Waals surface area (Å²) >= 11 is 0. The van der Waals surface area contributed by atoms with Gasteiger partial charge < -0.3 is 10.2 Å². The summed E-state index contributed by atoms with van der Waals surface area (Å²) in [4.78, 5) is 25.9. The van der Waals surface area contributed by atoms with E-state index in [1.165, 1.54) is 11.1 Å². The van der Waals surface area contributed by atoms with E-state index in [1.54, 1.807) is 11.8 Å². The van der Waals surface area contributed by atoms with Gasteiger partial charge in [-0.25, -0.2) is 0 Å². The van der Waals surface area contributed by atoms with Crippen molar-refractivity contribution in [2.75, 3.05) is 6.54 Å². The van der Waals surface area contributed by atoms with Crippen LogP contribution in [0, 0.1) is 6.92 Å². The van der Waals surface area contributed by atoms with Crippen molar-refractivity contribution in [1.29, 1.82) is 0 Å². The zero-order valence-electron chi connectivity index (χ0n) is 12.3. The molecule has 1 fully saturated rings. The summed E-state index contributed by atoms with van der Waals surface area (Å²) in [6.07, 6.45) is 1.42. The standard InChI is InChI=1S/C16H22N2O2/c1-4-14-16(20)18(12(3)15(19)17-14)9-8-13-7-5-6-11(2)10-13/h5-7,10,12,14H,4,8-9H2,1-3H3,(H,17,19). The highest BCUT2D eigenvalue weighted by atomic mass is 16.2. The molecule has 0 bridgehead atoms. The van der Waals surface area contributed by atoms with Gasteiger partial charge in [0.15, 0.2) is 0 Å². The summed E-state index contributed by atoms with van der Waals surface area (Å²) in [5.74, 6) is -0.0204. The summed E-state index contributed by atoms with van der Waals surface area (Å²) < 4.78 is 0. The molecule has 0 spiro atoms. The molecule has 1 aliphatic heterocycles. The molecule has 1 heterocycles. The fourth-order valence-electron chi connectivity index (χ4n) is 2.58. The summed E-state index contributed by atoms with van der Waals surface area (Å²) in [5, 5.41) is 2.77. The normalized spacial score (nSPS) is 22.9. The van der Waals surface area contributed by atoms with Gasteiger partial charge in [-0.15, -0.1) is 0 Å². The third kappa shape index (κ3) is 3.00. The lowest BCUT2D eigenvalue weighted by Crippen LogP contribution is -2.62. The van der Waals surface area contributed by atoms with Crippen LogP contribution >= 0.6 is 0 Å². The van der Waals surface area contributed by atoms with E-state index >= 15 is 0 Å². The maximum Gasteiger partial charge on any atom is 0.245 e. The minimum absolute atomic E-state index is 0.0345. The zero-order valence-corrected chi connectivity index (χ0v) is 12.3. The first-order valence-electron chi connectivity index (χ1n) is 7.19. The summed E-state index contributed by atoms with van der Waals surface area (Å²) in [6.45, 7) is 6.35. The van der Waals surface area contributed by atoms with Crippen molar-refractivity contribution in [3.8, 4) is 0 Å². The van der Waals surface area contributed by atoms with E-state index in [1.807, 2.05) is 13.0 Å². The number of hydrogen-bond donors (Lipinski definition) is 1. The van der Waals surface area contributed by atoms with E-state index in [-0.39, 0.29) is 23.9 Å². The average molecular weight is 274 g/mol. The van der Waals surface area contributed by atoms with Gasteiger partial charge in [0.05, 0.1) is 0 Å². The lowest BCUT2D eigenvalue weighted by molar-refractivity contribution is -0.148. The van der Waals surface area contributed by atoms with Crippen LogP contribution in [-0.2, 0) is 16.0 Å². The number of benzene rings is 1. The van der Waals surface area contributed by atoms with Crippen molar-refractivity contribution in [2.24, 2.45) is 0 Å². The van der Waals surface area contributed by atoms with E-state index in [4.69, 9.17) is 0 Å². The number of aryl methyl sites for hydroxylation is 1. The third-order valence-corrected chi connectivity index (χ3v) is 3.88. The summed E-state index contributed by atoms with van der Waals surface area (Å²) in [6, 6.07) is 7.51. The molecule has 20 heavy (non-hydrogen) atoms. The van der Waals surface area contributed by atoms with Crippen LogP contribution in [0.1, 0.15) is 31.4 Å². The topological polar surface area (TPSA) is 49.4 Å². The molecular formula is C16H22N2O2. The van der Waals surface area contributed by atoms with E-state index in [0.717, 1.165) is 6.42 Å². The average Bonchev–Trinajstić information content (AvgIpc) is 2.43. The second kappa shape index (κ2) is 6.07. The Morgan fingerprint density at radius 2 is 2.05 bits per heavy atom. The van der Waals surface area contributed by atoms with Gasteiger partial charge in [0.1, 0.15) is 12.1 Å². The Kier molecular flexibility index (Phi) is 4.42. The lowest BCUT2D eigenvalue weighted by Gasteiger charge is -2.37. The predicted molar refractivity (Wildman–Crippen MR) is 78.3 cm³/mol. The SMILES string of the molecule is CCC1NC(=O)C(C)N(CCc2cccc(C)c2)C1=O. The molecule has 2 unspecified atom stereocenters. The predicted octanol–water partition coefficient (Wildman–Crippen LogP) is 1.66. The van der Waals surface area contributed by atoms with Gasteiger partial charge >= 0.3 is 0 Å². The smallest absolute Gasteiger partial charge is 0.245 e. The Morgan fingerprint density at radius 1 is 1.30 bits per heavy atom. The molecule has 1 saturated heterocycles. The molecule has 1 N–H and O–H groups in total. The molecule has 108 valence electrons. The molecule has 1 aromatic carbocycles. The van der Waals surface area contributed by atoms with Crippen molar-refractivity contribution in [1.82, 2.24) is 10.2 Å². The summed E-state index contributed by atoms with van der Waals surface area (Å²) in [7, 11) is 0. The van der Waals surface area contributed by atoms with Crippen LogP contribution in [0.15, 0.2) is 24.3 Å². The van der Waals surface area contributed by atoms with Gasteiger partial charge in [0.25, 0.3) is 0 Å². The van der Waals surface area contributed by atoms with E-state index in [9.17, 15) is 9.59 Å². The van der Waals surface area contributed by atoms with Gasteiger partial charge in [0, 0.05) is 6.54 Å². The highest BCUT2D eigenvalue weighted by molar-refractivity contribution is 5.96. The number of nitrogens with one attached hydrogen (secondary N) is 1. The monoisotopic (exact) mass is 274 g/mol. The van der Waals surface area contributed by atoms with Crippen LogP contribution < -0.4 is 5.32 Å². The van der Waals surface area contributed by atoms with Crippen molar-refractivity contribution < 1.29 is 9.59 Å². The fraction of sp³-hybridized carbons (Fsp3) is 0.500. The first kappa shape index (κ1) is 14.6. The molecule has 0 radical (unpaired) electrons. The Morgan fingerprint density at radius 3 is 2.70 bits per heavy atom. The Hall–Kier alpha value is -1.84. The number of hydrogen-bond acceptors (Lipinski definition) is 2. The van der Waals surface area contributed by atoms with Crippen LogP contribution in [-0.4, -0.2) is 35.3 Å². The third-order valence-electron chi connectivity index (χ3n) is 3.88.